The van der Waals surface area contributed by atoms with Gasteiger partial charge >= 0.3 is 17.9 Å². The van der Waals surface area contributed by atoms with E-state index in [0.29, 0.717) is 23.7 Å². The maximum Gasteiger partial charge on any atom is 0.414 e. The molecule has 0 spiro atoms. The Kier molecular flexibility index (Phi) is 10.3. The van der Waals surface area contributed by atoms with Crippen molar-refractivity contribution < 1.29 is 38.9 Å². The molecular weight excluding hydrogens is 452 g/mol. The van der Waals surface area contributed by atoms with E-state index in [0.717, 1.165) is 44.3 Å². The normalized spacial score (nSPS) is 20.5. The van der Waals surface area contributed by atoms with E-state index >= 15 is 0 Å². The van der Waals surface area contributed by atoms with Crippen LogP contribution in [-0.4, -0.2) is 77.4 Å². The summed E-state index contributed by atoms with van der Waals surface area (Å²) in [5, 5.41) is 18.4. The van der Waals surface area contributed by atoms with Crippen molar-refractivity contribution >= 4 is 40.2 Å². The van der Waals surface area contributed by atoms with Gasteiger partial charge in [-0.1, -0.05) is 6.42 Å². The fraction of sp³-hybridized carbons (Fsp3) is 0.636. The number of anilines is 1. The average molecular weight is 485 g/mol. The Balaban J connectivity index is 0.000000569. The van der Waals surface area contributed by atoms with Crippen molar-refractivity contribution in [2.75, 3.05) is 31.6 Å². The van der Waals surface area contributed by atoms with Crippen molar-refractivity contribution in [3.8, 4) is 0 Å². The highest BCUT2D eigenvalue weighted by atomic mass is 32.1. The zero-order chi connectivity index (χ0) is 24.5. The van der Waals surface area contributed by atoms with Crippen LogP contribution < -0.4 is 5.32 Å². The number of amides is 1. The monoisotopic (exact) mass is 484 g/mol. The second kappa shape index (κ2) is 12.7. The predicted molar refractivity (Wildman–Crippen MR) is 122 cm³/mol. The molecule has 33 heavy (non-hydrogen) atoms. The van der Waals surface area contributed by atoms with Gasteiger partial charge in [0.1, 0.15) is 5.00 Å². The van der Waals surface area contributed by atoms with Gasteiger partial charge in [-0.05, 0) is 52.0 Å². The quantitative estimate of drug-likeness (QED) is 0.326. The Morgan fingerprint density at radius 1 is 1.06 bits per heavy atom. The van der Waals surface area contributed by atoms with Crippen molar-refractivity contribution in [3.05, 3.63) is 16.0 Å². The minimum absolute atomic E-state index is 0.0849. The number of carboxylic acid groups (broad SMARTS) is 2. The molecule has 0 radical (unpaired) electrons. The fourth-order valence-electron chi connectivity index (χ4n) is 4.03. The maximum absolute atomic E-state index is 12.7. The second-order valence-corrected chi connectivity index (χ2v) is 9.20. The molecule has 1 aromatic heterocycles. The van der Waals surface area contributed by atoms with Gasteiger partial charge in [-0.25, -0.2) is 14.4 Å². The van der Waals surface area contributed by atoms with Gasteiger partial charge in [0.15, 0.2) is 0 Å². The number of hydrogen-bond donors (Lipinski definition) is 3. The average Bonchev–Trinajstić information content (AvgIpc) is 2.88. The van der Waals surface area contributed by atoms with Crippen LogP contribution in [0.15, 0.2) is 0 Å². The fourth-order valence-corrected chi connectivity index (χ4v) is 5.33. The molecule has 1 fully saturated rings. The lowest BCUT2D eigenvalue weighted by Crippen LogP contribution is -2.48. The number of carbonyl (C=O) groups excluding carboxylic acids is 2. The van der Waals surface area contributed by atoms with Gasteiger partial charge in [0, 0.05) is 18.0 Å². The first-order valence-corrected chi connectivity index (χ1v) is 11.9. The number of ether oxygens (including phenoxy) is 2. The van der Waals surface area contributed by atoms with Crippen LogP contribution in [0.1, 0.15) is 60.8 Å². The summed E-state index contributed by atoms with van der Waals surface area (Å²) in [5.41, 5.74) is 1.66. The van der Waals surface area contributed by atoms with Crippen LogP contribution in [0.5, 0.6) is 0 Å². The number of carboxylic acids is 2. The molecule has 1 amide bonds. The van der Waals surface area contributed by atoms with Gasteiger partial charge in [-0.2, -0.15) is 0 Å². The topological polar surface area (TPSA) is 142 Å². The number of esters is 1. The SMILES string of the molecule is CCOC(=O)c1c(NC(=O)CN2CC(C)OC(C)C2)sc2c1CCCCC2.O=C(O)C(=O)O. The molecule has 1 aliphatic heterocycles. The Hall–Kier alpha value is -2.50. The number of morpholine rings is 1. The van der Waals surface area contributed by atoms with E-state index in [2.05, 4.69) is 10.2 Å². The molecule has 1 saturated heterocycles. The number of nitrogens with one attached hydrogen (secondary N) is 1. The third-order valence-corrected chi connectivity index (χ3v) is 6.41. The molecule has 0 saturated carbocycles. The molecule has 11 heteroatoms. The second-order valence-electron chi connectivity index (χ2n) is 8.10. The smallest absolute Gasteiger partial charge is 0.414 e. The Bertz CT molecular complexity index is 847. The molecule has 2 heterocycles. The summed E-state index contributed by atoms with van der Waals surface area (Å²) in [4.78, 5) is 46.8. The first-order chi connectivity index (χ1) is 15.6. The molecule has 2 atom stereocenters. The minimum atomic E-state index is -1.82. The van der Waals surface area contributed by atoms with E-state index in [1.807, 2.05) is 20.8 Å². The third kappa shape index (κ3) is 8.09. The Morgan fingerprint density at radius 3 is 2.24 bits per heavy atom. The standard InChI is InChI=1S/C20H30N2O4S.C2H2O4/c1-4-25-20(24)18-15-8-6-5-7-9-16(15)27-19(18)21-17(23)12-22-10-13(2)26-14(3)11-22;3-1(4)2(5)6/h13-14H,4-12H2,1-3H3,(H,21,23);(H,3,4)(H,5,6). The van der Waals surface area contributed by atoms with Gasteiger partial charge in [0.25, 0.3) is 0 Å². The number of nitrogens with zero attached hydrogens (tertiary/aromatic N) is 1. The van der Waals surface area contributed by atoms with Gasteiger partial charge in [0.05, 0.1) is 30.9 Å². The van der Waals surface area contributed by atoms with Crippen LogP contribution in [0.2, 0.25) is 0 Å². The van der Waals surface area contributed by atoms with E-state index < -0.39 is 11.9 Å². The summed E-state index contributed by atoms with van der Waals surface area (Å²) in [5.74, 6) is -4.05. The minimum Gasteiger partial charge on any atom is -0.473 e. The number of carbonyl (C=O) groups is 4. The van der Waals surface area contributed by atoms with Crippen LogP contribution in [-0.2, 0) is 36.7 Å². The van der Waals surface area contributed by atoms with E-state index in [9.17, 15) is 9.59 Å². The first-order valence-electron chi connectivity index (χ1n) is 11.1. The molecule has 0 aromatic carbocycles. The molecule has 2 unspecified atom stereocenters. The highest BCUT2D eigenvalue weighted by molar-refractivity contribution is 7.17. The van der Waals surface area contributed by atoms with Gasteiger partial charge < -0.3 is 25.0 Å². The number of hydrogen-bond acceptors (Lipinski definition) is 8. The highest BCUT2D eigenvalue weighted by Gasteiger charge is 2.28. The summed E-state index contributed by atoms with van der Waals surface area (Å²) in [6.07, 6.45) is 5.48. The summed E-state index contributed by atoms with van der Waals surface area (Å²) >= 11 is 1.54. The van der Waals surface area contributed by atoms with Crippen molar-refractivity contribution in [3.63, 3.8) is 0 Å². The number of thiophene rings is 1. The van der Waals surface area contributed by atoms with Crippen molar-refractivity contribution in [1.29, 1.82) is 0 Å². The van der Waals surface area contributed by atoms with Crippen LogP contribution in [0.25, 0.3) is 0 Å². The van der Waals surface area contributed by atoms with E-state index in [-0.39, 0.29) is 24.1 Å². The molecule has 2 aliphatic rings. The molecular formula is C22H32N2O8S. The first kappa shape index (κ1) is 26.7. The van der Waals surface area contributed by atoms with Crippen LogP contribution in [0.4, 0.5) is 5.00 Å². The van der Waals surface area contributed by atoms with Crippen LogP contribution >= 0.6 is 11.3 Å². The zero-order valence-corrected chi connectivity index (χ0v) is 20.0. The van der Waals surface area contributed by atoms with Gasteiger partial charge in [0.2, 0.25) is 5.91 Å². The van der Waals surface area contributed by atoms with Crippen LogP contribution in [0, 0.1) is 0 Å². The van der Waals surface area contributed by atoms with E-state index in [1.165, 1.54) is 11.3 Å². The molecule has 1 aliphatic carbocycles. The summed E-state index contributed by atoms with van der Waals surface area (Å²) in [6, 6.07) is 0. The third-order valence-electron chi connectivity index (χ3n) is 5.20. The maximum atomic E-state index is 12.7. The number of aliphatic carboxylic acids is 2. The molecule has 0 bridgehead atoms. The lowest BCUT2D eigenvalue weighted by Gasteiger charge is -2.34. The van der Waals surface area contributed by atoms with Gasteiger partial charge in [-0.15, -0.1) is 11.3 Å². The van der Waals surface area contributed by atoms with Crippen LogP contribution in [0.3, 0.4) is 0 Å². The van der Waals surface area contributed by atoms with Crippen molar-refractivity contribution in [2.45, 2.75) is 65.1 Å². The van der Waals surface area contributed by atoms with Gasteiger partial charge in [-0.3, -0.25) is 9.69 Å². The Morgan fingerprint density at radius 2 is 1.67 bits per heavy atom. The number of fused-ring (bicyclic) bond motifs is 1. The molecule has 184 valence electrons. The summed E-state index contributed by atoms with van der Waals surface area (Å²) in [7, 11) is 0. The summed E-state index contributed by atoms with van der Waals surface area (Å²) in [6.45, 7) is 7.98. The van der Waals surface area contributed by atoms with E-state index in [1.54, 1.807) is 11.3 Å². The summed E-state index contributed by atoms with van der Waals surface area (Å²) < 4.78 is 11.0. The van der Waals surface area contributed by atoms with E-state index in [4.69, 9.17) is 29.3 Å². The largest absolute Gasteiger partial charge is 0.473 e. The molecule has 3 rings (SSSR count). The molecule has 10 nitrogen and oxygen atoms in total. The zero-order valence-electron chi connectivity index (χ0n) is 19.2. The van der Waals surface area contributed by atoms with Crippen molar-refractivity contribution in [1.82, 2.24) is 4.90 Å². The lowest BCUT2D eigenvalue weighted by molar-refractivity contribution is -0.159. The van der Waals surface area contributed by atoms with Crippen molar-refractivity contribution in [2.24, 2.45) is 0 Å². The number of aryl methyl sites for hydroxylation is 1. The molecule has 3 N–H and O–H groups in total. The number of rotatable bonds is 5. The lowest BCUT2D eigenvalue weighted by atomic mass is 10.1. The highest BCUT2D eigenvalue weighted by Crippen LogP contribution is 2.38. The predicted octanol–water partition coefficient (Wildman–Crippen LogP) is 2.40. The Labute approximate surface area is 196 Å². The molecule has 1 aromatic rings.